The maximum atomic E-state index is 13.2. The van der Waals surface area contributed by atoms with Crippen LogP contribution >= 0.6 is 0 Å². The van der Waals surface area contributed by atoms with Gasteiger partial charge in [0.1, 0.15) is 17.7 Å². The van der Waals surface area contributed by atoms with Crippen LogP contribution in [0.25, 0.3) is 0 Å². The Bertz CT molecular complexity index is 732. The summed E-state index contributed by atoms with van der Waals surface area (Å²) in [4.78, 5) is 16.5. The van der Waals surface area contributed by atoms with E-state index in [-0.39, 0.29) is 17.4 Å². The fourth-order valence-corrected chi connectivity index (χ4v) is 2.51. The van der Waals surface area contributed by atoms with Crippen LogP contribution in [0, 0.1) is 23.1 Å². The van der Waals surface area contributed by atoms with Crippen LogP contribution in [-0.4, -0.2) is 15.5 Å². The molecule has 106 valence electrons. The van der Waals surface area contributed by atoms with E-state index in [2.05, 4.69) is 10.3 Å². The Morgan fingerprint density at radius 2 is 2.38 bits per heavy atom. The van der Waals surface area contributed by atoms with Crippen molar-refractivity contribution in [3.05, 3.63) is 47.8 Å². The number of nitrogens with one attached hydrogen (secondary N) is 1. The van der Waals surface area contributed by atoms with Crippen LogP contribution < -0.4 is 5.32 Å². The smallest absolute Gasteiger partial charge is 0.228 e. The molecule has 1 aliphatic heterocycles. The number of carbonyl (C=O) groups is 1. The average Bonchev–Trinajstić information content (AvgIpc) is 2.96. The number of rotatable bonds is 2. The predicted octanol–water partition coefficient (Wildman–Crippen LogP) is 2.09. The SMILES string of the molecule is N#Cc1cc(NC(=O)[C@@H]2CCn3ccnc3C2)ccc1F. The fraction of sp³-hybridized carbons (Fsp3) is 0.267. The second-order valence-corrected chi connectivity index (χ2v) is 5.02. The first-order valence-electron chi connectivity index (χ1n) is 6.68. The number of anilines is 1. The number of hydrogen-bond donors (Lipinski definition) is 1. The van der Waals surface area contributed by atoms with Crippen molar-refractivity contribution in [3.63, 3.8) is 0 Å². The van der Waals surface area contributed by atoms with Crippen LogP contribution in [0.15, 0.2) is 30.6 Å². The Kier molecular flexibility index (Phi) is 3.40. The second kappa shape index (κ2) is 5.37. The molecular weight excluding hydrogens is 271 g/mol. The molecule has 6 heteroatoms. The van der Waals surface area contributed by atoms with Crippen LogP contribution in [0.5, 0.6) is 0 Å². The number of aromatic nitrogens is 2. The molecule has 0 saturated carbocycles. The quantitative estimate of drug-likeness (QED) is 0.918. The molecule has 1 N–H and O–H groups in total. The van der Waals surface area contributed by atoms with Crippen LogP contribution in [-0.2, 0) is 17.8 Å². The molecule has 0 aliphatic carbocycles. The minimum absolute atomic E-state index is 0.0769. The van der Waals surface area contributed by atoms with Gasteiger partial charge in [0.05, 0.1) is 5.56 Å². The molecule has 0 unspecified atom stereocenters. The number of nitriles is 1. The van der Waals surface area contributed by atoms with Crippen molar-refractivity contribution in [2.45, 2.75) is 19.4 Å². The highest BCUT2D eigenvalue weighted by molar-refractivity contribution is 5.92. The van der Waals surface area contributed by atoms with Crippen LogP contribution in [0.3, 0.4) is 0 Å². The lowest BCUT2D eigenvalue weighted by molar-refractivity contribution is -0.120. The number of fused-ring (bicyclic) bond motifs is 1. The van der Waals surface area contributed by atoms with Gasteiger partial charge in [0.25, 0.3) is 0 Å². The van der Waals surface area contributed by atoms with Gasteiger partial charge < -0.3 is 9.88 Å². The van der Waals surface area contributed by atoms with Crippen molar-refractivity contribution in [2.24, 2.45) is 5.92 Å². The summed E-state index contributed by atoms with van der Waals surface area (Å²) in [7, 11) is 0. The summed E-state index contributed by atoms with van der Waals surface area (Å²) in [5, 5.41) is 11.5. The maximum Gasteiger partial charge on any atom is 0.228 e. The van der Waals surface area contributed by atoms with Gasteiger partial charge in [-0.1, -0.05) is 0 Å². The van der Waals surface area contributed by atoms with E-state index in [4.69, 9.17) is 5.26 Å². The van der Waals surface area contributed by atoms with Gasteiger partial charge >= 0.3 is 0 Å². The number of nitrogens with zero attached hydrogens (tertiary/aromatic N) is 3. The minimum atomic E-state index is -0.588. The number of carbonyl (C=O) groups excluding carboxylic acids is 1. The van der Waals surface area contributed by atoms with Gasteiger partial charge in [0.15, 0.2) is 0 Å². The van der Waals surface area contributed by atoms with Crippen molar-refractivity contribution in [1.82, 2.24) is 9.55 Å². The summed E-state index contributed by atoms with van der Waals surface area (Å²) in [6, 6.07) is 5.74. The number of halogens is 1. The molecule has 1 aliphatic rings. The van der Waals surface area contributed by atoms with E-state index in [1.165, 1.54) is 18.2 Å². The molecule has 5 nitrogen and oxygen atoms in total. The molecule has 1 amide bonds. The van der Waals surface area contributed by atoms with Crippen molar-refractivity contribution < 1.29 is 9.18 Å². The second-order valence-electron chi connectivity index (χ2n) is 5.02. The van der Waals surface area contributed by atoms with Crippen molar-refractivity contribution in [2.75, 3.05) is 5.32 Å². The van der Waals surface area contributed by atoms with E-state index >= 15 is 0 Å². The van der Waals surface area contributed by atoms with E-state index in [0.717, 1.165) is 18.8 Å². The molecule has 2 aromatic rings. The zero-order valence-corrected chi connectivity index (χ0v) is 11.2. The Labute approximate surface area is 121 Å². The van der Waals surface area contributed by atoms with Gasteiger partial charge in [-0.05, 0) is 24.6 Å². The molecule has 0 fully saturated rings. The van der Waals surface area contributed by atoms with E-state index in [9.17, 15) is 9.18 Å². The third-order valence-corrected chi connectivity index (χ3v) is 3.67. The molecule has 1 aromatic heterocycles. The van der Waals surface area contributed by atoms with Gasteiger partial charge in [-0.2, -0.15) is 5.26 Å². The summed E-state index contributed by atoms with van der Waals surface area (Å²) in [6.07, 6.45) is 4.96. The molecule has 0 spiro atoms. The highest BCUT2D eigenvalue weighted by atomic mass is 19.1. The van der Waals surface area contributed by atoms with Gasteiger partial charge in [0, 0.05) is 37.0 Å². The average molecular weight is 284 g/mol. The molecule has 0 bridgehead atoms. The lowest BCUT2D eigenvalue weighted by Crippen LogP contribution is -2.30. The molecule has 0 radical (unpaired) electrons. The highest BCUT2D eigenvalue weighted by Crippen LogP contribution is 2.21. The van der Waals surface area contributed by atoms with E-state index in [1.807, 2.05) is 10.8 Å². The largest absolute Gasteiger partial charge is 0.335 e. The highest BCUT2D eigenvalue weighted by Gasteiger charge is 2.25. The number of amides is 1. The van der Waals surface area contributed by atoms with Gasteiger partial charge in [-0.25, -0.2) is 9.37 Å². The topological polar surface area (TPSA) is 70.7 Å². The standard InChI is InChI=1S/C15H13FN4O/c16-13-2-1-12(7-11(13)9-17)19-15(21)10-3-5-20-6-4-18-14(20)8-10/h1-2,4,6-7,10H,3,5,8H2,(H,19,21)/t10-/m1/s1. The first-order chi connectivity index (χ1) is 10.2. The molecule has 2 heterocycles. The third-order valence-electron chi connectivity index (χ3n) is 3.67. The normalized spacial score (nSPS) is 16.9. The van der Waals surface area contributed by atoms with E-state index in [0.29, 0.717) is 12.1 Å². The monoisotopic (exact) mass is 284 g/mol. The summed E-state index contributed by atoms with van der Waals surface area (Å²) in [5.41, 5.74) is 0.360. The summed E-state index contributed by atoms with van der Waals surface area (Å²) in [5.74, 6) is 0.0312. The summed E-state index contributed by atoms with van der Waals surface area (Å²) in [6.45, 7) is 0.764. The van der Waals surface area contributed by atoms with Crippen LogP contribution in [0.4, 0.5) is 10.1 Å². The molecule has 1 atom stereocenters. The van der Waals surface area contributed by atoms with Gasteiger partial charge in [-0.3, -0.25) is 4.79 Å². The molecule has 0 saturated heterocycles. The van der Waals surface area contributed by atoms with Crippen LogP contribution in [0.1, 0.15) is 17.8 Å². The molecule has 3 rings (SSSR count). The number of imidazole rings is 1. The van der Waals surface area contributed by atoms with E-state index < -0.39 is 5.82 Å². The Morgan fingerprint density at radius 1 is 1.52 bits per heavy atom. The third kappa shape index (κ3) is 2.63. The number of aryl methyl sites for hydroxylation is 1. The number of benzene rings is 1. The lowest BCUT2D eigenvalue weighted by Gasteiger charge is -2.22. The summed E-state index contributed by atoms with van der Waals surface area (Å²) < 4.78 is 15.3. The first kappa shape index (κ1) is 13.3. The maximum absolute atomic E-state index is 13.2. The van der Waals surface area contributed by atoms with Gasteiger partial charge in [0.2, 0.25) is 5.91 Å². The van der Waals surface area contributed by atoms with Crippen LogP contribution in [0.2, 0.25) is 0 Å². The summed E-state index contributed by atoms with van der Waals surface area (Å²) >= 11 is 0. The Morgan fingerprint density at radius 3 is 3.19 bits per heavy atom. The van der Waals surface area contributed by atoms with E-state index in [1.54, 1.807) is 12.3 Å². The van der Waals surface area contributed by atoms with Crippen molar-refractivity contribution in [1.29, 1.82) is 5.26 Å². The van der Waals surface area contributed by atoms with Crippen molar-refractivity contribution in [3.8, 4) is 6.07 Å². The Hall–Kier alpha value is -2.68. The zero-order chi connectivity index (χ0) is 14.8. The predicted molar refractivity (Wildman–Crippen MR) is 73.8 cm³/mol. The minimum Gasteiger partial charge on any atom is -0.335 e. The fourth-order valence-electron chi connectivity index (χ4n) is 2.51. The first-order valence-corrected chi connectivity index (χ1v) is 6.68. The molecule has 21 heavy (non-hydrogen) atoms. The number of hydrogen-bond acceptors (Lipinski definition) is 3. The molecule has 1 aromatic carbocycles. The van der Waals surface area contributed by atoms with Gasteiger partial charge in [-0.15, -0.1) is 0 Å². The molecular formula is C15H13FN4O. The zero-order valence-electron chi connectivity index (χ0n) is 11.2. The lowest BCUT2D eigenvalue weighted by atomic mass is 9.96. The Balaban J connectivity index is 1.71. The van der Waals surface area contributed by atoms with Crippen molar-refractivity contribution >= 4 is 11.6 Å².